The SMILES string of the molecule is O=C([C@@H]1CCCN(c2cnccn2)C1)N1CCC[C@H]1Cn1cccn1. The van der Waals surface area contributed by atoms with Gasteiger partial charge in [0.15, 0.2) is 0 Å². The van der Waals surface area contributed by atoms with Gasteiger partial charge in [-0.2, -0.15) is 5.10 Å². The highest BCUT2D eigenvalue weighted by molar-refractivity contribution is 5.80. The summed E-state index contributed by atoms with van der Waals surface area (Å²) in [4.78, 5) is 26.0. The second-order valence-electron chi connectivity index (χ2n) is 6.90. The molecule has 0 N–H and O–H groups in total. The molecule has 132 valence electrons. The lowest BCUT2D eigenvalue weighted by Crippen LogP contribution is -2.47. The summed E-state index contributed by atoms with van der Waals surface area (Å²) in [6.07, 6.45) is 13.1. The zero-order valence-corrected chi connectivity index (χ0v) is 14.4. The van der Waals surface area contributed by atoms with Gasteiger partial charge >= 0.3 is 0 Å². The first-order valence-electron chi connectivity index (χ1n) is 9.10. The molecule has 1 amide bonds. The number of rotatable bonds is 4. The van der Waals surface area contributed by atoms with Crippen molar-refractivity contribution in [2.24, 2.45) is 5.92 Å². The number of hydrogen-bond acceptors (Lipinski definition) is 5. The van der Waals surface area contributed by atoms with E-state index in [0.717, 1.165) is 57.7 Å². The largest absolute Gasteiger partial charge is 0.355 e. The summed E-state index contributed by atoms with van der Waals surface area (Å²) in [5, 5.41) is 4.29. The van der Waals surface area contributed by atoms with Crippen molar-refractivity contribution in [1.82, 2.24) is 24.6 Å². The number of likely N-dealkylation sites (tertiary alicyclic amines) is 1. The summed E-state index contributed by atoms with van der Waals surface area (Å²) in [6.45, 7) is 3.34. The Morgan fingerprint density at radius 2 is 2.08 bits per heavy atom. The lowest BCUT2D eigenvalue weighted by molar-refractivity contribution is -0.136. The predicted octanol–water partition coefficient (Wildman–Crippen LogP) is 1.58. The van der Waals surface area contributed by atoms with E-state index in [9.17, 15) is 4.79 Å². The van der Waals surface area contributed by atoms with E-state index in [-0.39, 0.29) is 12.0 Å². The zero-order valence-electron chi connectivity index (χ0n) is 14.4. The summed E-state index contributed by atoms with van der Waals surface area (Å²) in [5.41, 5.74) is 0. The lowest BCUT2D eigenvalue weighted by atomic mass is 9.96. The normalized spacial score (nSPS) is 23.8. The Hall–Kier alpha value is -2.44. The van der Waals surface area contributed by atoms with Gasteiger partial charge in [0.2, 0.25) is 5.91 Å². The number of amides is 1. The molecule has 25 heavy (non-hydrogen) atoms. The number of carbonyl (C=O) groups excluding carboxylic acids is 1. The van der Waals surface area contributed by atoms with Crippen LogP contribution in [-0.2, 0) is 11.3 Å². The van der Waals surface area contributed by atoms with Gasteiger partial charge < -0.3 is 9.80 Å². The van der Waals surface area contributed by atoms with Crippen molar-refractivity contribution in [2.45, 2.75) is 38.3 Å². The molecular weight excluding hydrogens is 316 g/mol. The minimum Gasteiger partial charge on any atom is -0.355 e. The van der Waals surface area contributed by atoms with Gasteiger partial charge in [0, 0.05) is 44.4 Å². The van der Waals surface area contributed by atoms with Gasteiger partial charge in [-0.1, -0.05) is 0 Å². The summed E-state index contributed by atoms with van der Waals surface area (Å²) in [7, 11) is 0. The molecule has 2 aromatic heterocycles. The Bertz CT molecular complexity index is 689. The number of anilines is 1. The molecule has 2 fully saturated rings. The van der Waals surface area contributed by atoms with E-state index < -0.39 is 0 Å². The topological polar surface area (TPSA) is 67.2 Å². The van der Waals surface area contributed by atoms with Gasteiger partial charge in [-0.05, 0) is 31.7 Å². The molecule has 2 aliphatic rings. The molecule has 2 aromatic rings. The van der Waals surface area contributed by atoms with Crippen molar-refractivity contribution in [1.29, 1.82) is 0 Å². The Kier molecular flexibility index (Phi) is 4.63. The van der Waals surface area contributed by atoms with Gasteiger partial charge in [-0.3, -0.25) is 14.5 Å². The van der Waals surface area contributed by atoms with Crippen LogP contribution in [0.2, 0.25) is 0 Å². The van der Waals surface area contributed by atoms with Crippen molar-refractivity contribution >= 4 is 11.7 Å². The van der Waals surface area contributed by atoms with E-state index in [1.165, 1.54) is 0 Å². The van der Waals surface area contributed by atoms with Crippen molar-refractivity contribution < 1.29 is 4.79 Å². The number of piperidine rings is 1. The van der Waals surface area contributed by atoms with Crippen LogP contribution in [0.25, 0.3) is 0 Å². The first-order valence-corrected chi connectivity index (χ1v) is 9.10. The Balaban J connectivity index is 1.42. The highest BCUT2D eigenvalue weighted by Gasteiger charge is 2.35. The molecule has 4 heterocycles. The average molecular weight is 340 g/mol. The first kappa shape index (κ1) is 16.1. The maximum atomic E-state index is 13.1. The van der Waals surface area contributed by atoms with Crippen molar-refractivity contribution in [3.05, 3.63) is 37.1 Å². The molecule has 0 saturated carbocycles. The Morgan fingerprint density at radius 1 is 1.16 bits per heavy atom. The minimum absolute atomic E-state index is 0.0500. The van der Waals surface area contributed by atoms with Gasteiger partial charge in [0.25, 0.3) is 0 Å². The highest BCUT2D eigenvalue weighted by atomic mass is 16.2. The van der Waals surface area contributed by atoms with Gasteiger partial charge in [0.1, 0.15) is 5.82 Å². The number of aromatic nitrogens is 4. The van der Waals surface area contributed by atoms with E-state index >= 15 is 0 Å². The Morgan fingerprint density at radius 3 is 2.88 bits per heavy atom. The molecule has 7 nitrogen and oxygen atoms in total. The molecule has 7 heteroatoms. The van der Waals surface area contributed by atoms with Crippen LogP contribution < -0.4 is 4.90 Å². The van der Waals surface area contributed by atoms with Crippen LogP contribution in [-0.4, -0.2) is 56.2 Å². The van der Waals surface area contributed by atoms with Crippen LogP contribution in [0.4, 0.5) is 5.82 Å². The van der Waals surface area contributed by atoms with Gasteiger partial charge in [-0.15, -0.1) is 0 Å². The van der Waals surface area contributed by atoms with Crippen LogP contribution in [0.5, 0.6) is 0 Å². The lowest BCUT2D eigenvalue weighted by Gasteiger charge is -2.36. The fourth-order valence-electron chi connectivity index (χ4n) is 4.02. The highest BCUT2D eigenvalue weighted by Crippen LogP contribution is 2.27. The van der Waals surface area contributed by atoms with Crippen molar-refractivity contribution in [3.63, 3.8) is 0 Å². The molecule has 4 rings (SSSR count). The molecule has 0 spiro atoms. The fraction of sp³-hybridized carbons (Fsp3) is 0.556. The number of hydrogen-bond donors (Lipinski definition) is 0. The first-order chi connectivity index (χ1) is 12.3. The van der Waals surface area contributed by atoms with E-state index in [4.69, 9.17) is 0 Å². The van der Waals surface area contributed by atoms with Gasteiger partial charge in [-0.25, -0.2) is 4.98 Å². The predicted molar refractivity (Wildman–Crippen MR) is 93.9 cm³/mol. The monoisotopic (exact) mass is 340 g/mol. The van der Waals surface area contributed by atoms with Crippen molar-refractivity contribution in [2.75, 3.05) is 24.5 Å². The Labute approximate surface area is 147 Å². The third-order valence-corrected chi connectivity index (χ3v) is 5.26. The molecule has 0 bridgehead atoms. The third-order valence-electron chi connectivity index (χ3n) is 5.26. The third kappa shape index (κ3) is 3.50. The second kappa shape index (κ2) is 7.21. The van der Waals surface area contributed by atoms with Crippen molar-refractivity contribution in [3.8, 4) is 0 Å². The maximum Gasteiger partial charge on any atom is 0.227 e. The van der Waals surface area contributed by atoms with E-state index in [1.54, 1.807) is 24.8 Å². The van der Waals surface area contributed by atoms with E-state index in [0.29, 0.717) is 5.91 Å². The summed E-state index contributed by atoms with van der Waals surface area (Å²) in [5.74, 6) is 1.21. The molecular formula is C18H24N6O. The summed E-state index contributed by atoms with van der Waals surface area (Å²) in [6, 6.07) is 2.19. The summed E-state index contributed by atoms with van der Waals surface area (Å²) < 4.78 is 1.93. The average Bonchev–Trinajstić information content (AvgIpc) is 3.34. The fourth-order valence-corrected chi connectivity index (χ4v) is 4.02. The van der Waals surface area contributed by atoms with Crippen LogP contribution in [0, 0.1) is 5.92 Å². The number of carbonyl (C=O) groups is 1. The second-order valence-corrected chi connectivity index (χ2v) is 6.90. The minimum atomic E-state index is 0.0500. The zero-order chi connectivity index (χ0) is 17.1. The van der Waals surface area contributed by atoms with Crippen LogP contribution in [0.15, 0.2) is 37.1 Å². The molecule has 0 unspecified atom stereocenters. The molecule has 2 atom stereocenters. The smallest absolute Gasteiger partial charge is 0.227 e. The van der Waals surface area contributed by atoms with Gasteiger partial charge in [0.05, 0.1) is 24.7 Å². The molecule has 0 aliphatic carbocycles. The molecule has 2 aliphatic heterocycles. The standard InChI is InChI=1S/C18H24N6O/c25-18(24-11-2-5-16(24)14-23-10-3-6-21-23)15-4-1-9-22(13-15)17-12-19-7-8-20-17/h3,6-8,10,12,15-16H,1-2,4-5,9,11,13-14H2/t15-,16+/m1/s1. The quantitative estimate of drug-likeness (QED) is 0.845. The summed E-state index contributed by atoms with van der Waals surface area (Å²) >= 11 is 0. The van der Waals surface area contributed by atoms with E-state index in [2.05, 4.69) is 24.9 Å². The number of nitrogens with zero attached hydrogens (tertiary/aromatic N) is 6. The van der Waals surface area contributed by atoms with E-state index in [1.807, 2.05) is 16.9 Å². The van der Waals surface area contributed by atoms with Crippen LogP contribution >= 0.6 is 0 Å². The van der Waals surface area contributed by atoms with Crippen LogP contribution in [0.1, 0.15) is 25.7 Å². The molecule has 0 aromatic carbocycles. The molecule has 2 saturated heterocycles. The van der Waals surface area contributed by atoms with Crippen LogP contribution in [0.3, 0.4) is 0 Å². The molecule has 0 radical (unpaired) electrons. The maximum absolute atomic E-state index is 13.1.